The molecule has 0 radical (unpaired) electrons. The van der Waals surface area contributed by atoms with Crippen LogP contribution in [0, 0.1) is 11.6 Å². The second kappa shape index (κ2) is 5.73. The van der Waals surface area contributed by atoms with Gasteiger partial charge in [-0.05, 0) is 40.2 Å². The molecule has 21 heavy (non-hydrogen) atoms. The summed E-state index contributed by atoms with van der Waals surface area (Å²) in [5.74, 6) is -0.862. The lowest BCUT2D eigenvalue weighted by Gasteiger charge is -2.11. The smallest absolute Gasteiger partial charge is 0.185 e. The van der Waals surface area contributed by atoms with E-state index in [-0.39, 0.29) is 5.52 Å². The minimum absolute atomic E-state index is 0.127. The standard InChI is InChI=1S/C15H10BrClF2N2/c16-9-3-1-2-4-12(9)21-13(7-8-17)20-11-6-5-10(18)14(19)15(11)21/h1-6H,7-8H2. The average Bonchev–Trinajstić information content (AvgIpc) is 2.83. The Balaban J connectivity index is 2.40. The van der Waals surface area contributed by atoms with Gasteiger partial charge >= 0.3 is 0 Å². The monoisotopic (exact) mass is 370 g/mol. The summed E-state index contributed by atoms with van der Waals surface area (Å²) in [4.78, 5) is 4.37. The van der Waals surface area contributed by atoms with Gasteiger partial charge in [0.15, 0.2) is 11.6 Å². The van der Waals surface area contributed by atoms with E-state index in [0.29, 0.717) is 29.3 Å². The molecule has 3 aromatic rings. The molecule has 1 aromatic heterocycles. The largest absolute Gasteiger partial charge is 0.292 e. The van der Waals surface area contributed by atoms with Crippen molar-refractivity contribution in [2.75, 3.05) is 5.88 Å². The molecule has 2 nitrogen and oxygen atoms in total. The highest BCUT2D eigenvalue weighted by atomic mass is 79.9. The Morgan fingerprint density at radius 3 is 2.62 bits per heavy atom. The summed E-state index contributed by atoms with van der Waals surface area (Å²) in [5, 5.41) is 0. The number of hydrogen-bond acceptors (Lipinski definition) is 1. The van der Waals surface area contributed by atoms with Crippen LogP contribution in [0.2, 0.25) is 0 Å². The van der Waals surface area contributed by atoms with Crippen molar-refractivity contribution in [2.45, 2.75) is 6.42 Å². The summed E-state index contributed by atoms with van der Waals surface area (Å²) in [5.41, 5.74) is 1.23. The molecule has 3 rings (SSSR count). The van der Waals surface area contributed by atoms with Gasteiger partial charge < -0.3 is 0 Å². The molecule has 108 valence electrons. The van der Waals surface area contributed by atoms with Crippen LogP contribution in [0.4, 0.5) is 8.78 Å². The molecule has 2 aromatic carbocycles. The van der Waals surface area contributed by atoms with E-state index in [4.69, 9.17) is 11.6 Å². The Bertz CT molecular complexity index is 817. The molecule has 0 bridgehead atoms. The molecule has 0 N–H and O–H groups in total. The van der Waals surface area contributed by atoms with E-state index in [2.05, 4.69) is 20.9 Å². The number of rotatable bonds is 3. The zero-order valence-corrected chi connectivity index (χ0v) is 13.1. The van der Waals surface area contributed by atoms with Crippen LogP contribution in [0.3, 0.4) is 0 Å². The molecule has 0 aliphatic carbocycles. The number of benzene rings is 2. The number of aromatic nitrogens is 2. The highest BCUT2D eigenvalue weighted by Gasteiger charge is 2.19. The number of alkyl halides is 1. The fourth-order valence-corrected chi connectivity index (χ4v) is 2.93. The van der Waals surface area contributed by atoms with Gasteiger partial charge in [0.25, 0.3) is 0 Å². The van der Waals surface area contributed by atoms with Gasteiger partial charge in [0.2, 0.25) is 0 Å². The predicted octanol–water partition coefficient (Wildman–Crippen LogP) is 4.85. The molecule has 0 fully saturated rings. The molecular weight excluding hydrogens is 362 g/mol. The van der Waals surface area contributed by atoms with Crippen LogP contribution in [0.5, 0.6) is 0 Å². The van der Waals surface area contributed by atoms with Crippen molar-refractivity contribution in [3.63, 3.8) is 0 Å². The summed E-state index contributed by atoms with van der Waals surface area (Å²) in [6.07, 6.45) is 0.457. The van der Waals surface area contributed by atoms with Gasteiger partial charge in [-0.15, -0.1) is 11.6 Å². The van der Waals surface area contributed by atoms with Crippen LogP contribution in [0.15, 0.2) is 40.9 Å². The number of imidazole rings is 1. The molecule has 0 unspecified atom stereocenters. The van der Waals surface area contributed by atoms with Crippen LogP contribution >= 0.6 is 27.5 Å². The van der Waals surface area contributed by atoms with Crippen molar-refractivity contribution >= 4 is 38.6 Å². The Kier molecular flexibility index (Phi) is 3.95. The first-order chi connectivity index (χ1) is 10.1. The molecule has 0 spiro atoms. The molecule has 0 saturated heterocycles. The predicted molar refractivity (Wildman–Crippen MR) is 83.1 cm³/mol. The Morgan fingerprint density at radius 1 is 1.14 bits per heavy atom. The van der Waals surface area contributed by atoms with Gasteiger partial charge in [-0.25, -0.2) is 13.8 Å². The number of halogens is 4. The first-order valence-corrected chi connectivity index (χ1v) is 7.62. The third-order valence-electron chi connectivity index (χ3n) is 3.19. The fraction of sp³-hybridized carbons (Fsp3) is 0.133. The molecule has 0 saturated carbocycles. The maximum Gasteiger partial charge on any atom is 0.185 e. The molecule has 0 aliphatic rings. The second-order valence-electron chi connectivity index (χ2n) is 4.48. The van der Waals surface area contributed by atoms with Crippen LogP contribution in [0.1, 0.15) is 5.82 Å². The van der Waals surface area contributed by atoms with E-state index in [0.717, 1.165) is 10.5 Å². The maximum atomic E-state index is 14.2. The quantitative estimate of drug-likeness (QED) is 0.602. The summed E-state index contributed by atoms with van der Waals surface area (Å²) in [7, 11) is 0. The van der Waals surface area contributed by atoms with Gasteiger partial charge in [0.1, 0.15) is 11.3 Å². The van der Waals surface area contributed by atoms with Crippen molar-refractivity contribution < 1.29 is 8.78 Å². The Hall–Kier alpha value is -1.46. The summed E-state index contributed by atoms with van der Waals surface area (Å²) >= 11 is 9.24. The zero-order valence-electron chi connectivity index (χ0n) is 10.8. The van der Waals surface area contributed by atoms with E-state index in [1.165, 1.54) is 6.07 Å². The maximum absolute atomic E-state index is 14.2. The molecule has 6 heteroatoms. The lowest BCUT2D eigenvalue weighted by molar-refractivity contribution is 0.514. The van der Waals surface area contributed by atoms with Crippen molar-refractivity contribution in [2.24, 2.45) is 0 Å². The SMILES string of the molecule is Fc1ccc2nc(CCCl)n(-c3ccccc3Br)c2c1F. The van der Waals surface area contributed by atoms with Gasteiger partial charge in [0, 0.05) is 16.8 Å². The van der Waals surface area contributed by atoms with E-state index < -0.39 is 11.6 Å². The van der Waals surface area contributed by atoms with Gasteiger partial charge in [-0.2, -0.15) is 0 Å². The Labute approximate surface area is 133 Å². The average molecular weight is 372 g/mol. The highest BCUT2D eigenvalue weighted by molar-refractivity contribution is 9.10. The first kappa shape index (κ1) is 14.5. The molecular formula is C15H10BrClF2N2. The van der Waals surface area contributed by atoms with E-state index in [1.807, 2.05) is 24.3 Å². The lowest BCUT2D eigenvalue weighted by Crippen LogP contribution is -2.04. The minimum Gasteiger partial charge on any atom is -0.292 e. The molecule has 0 atom stereocenters. The Morgan fingerprint density at radius 2 is 1.90 bits per heavy atom. The lowest BCUT2D eigenvalue weighted by atomic mass is 10.2. The van der Waals surface area contributed by atoms with Crippen LogP contribution in [0.25, 0.3) is 16.7 Å². The number of para-hydroxylation sites is 1. The fourth-order valence-electron chi connectivity index (χ4n) is 2.30. The van der Waals surface area contributed by atoms with Crippen molar-refractivity contribution in [3.05, 3.63) is 58.3 Å². The van der Waals surface area contributed by atoms with E-state index >= 15 is 0 Å². The number of hydrogen-bond donors (Lipinski definition) is 0. The summed E-state index contributed by atoms with van der Waals surface area (Å²) < 4.78 is 30.2. The van der Waals surface area contributed by atoms with Crippen molar-refractivity contribution in [1.82, 2.24) is 9.55 Å². The number of fused-ring (bicyclic) bond motifs is 1. The first-order valence-electron chi connectivity index (χ1n) is 6.29. The van der Waals surface area contributed by atoms with Crippen molar-refractivity contribution in [3.8, 4) is 5.69 Å². The highest BCUT2D eigenvalue weighted by Crippen LogP contribution is 2.29. The van der Waals surface area contributed by atoms with E-state index in [1.54, 1.807) is 4.57 Å². The molecule has 0 amide bonds. The minimum atomic E-state index is -0.906. The normalized spacial score (nSPS) is 11.2. The molecule has 1 heterocycles. The zero-order chi connectivity index (χ0) is 15.0. The number of nitrogens with zero attached hydrogens (tertiary/aromatic N) is 2. The van der Waals surface area contributed by atoms with Gasteiger partial charge in [0.05, 0.1) is 11.2 Å². The van der Waals surface area contributed by atoms with Crippen LogP contribution < -0.4 is 0 Å². The van der Waals surface area contributed by atoms with Gasteiger partial charge in [-0.3, -0.25) is 4.57 Å². The van der Waals surface area contributed by atoms with Crippen LogP contribution in [-0.2, 0) is 6.42 Å². The third kappa shape index (κ3) is 2.45. The number of aryl methyl sites for hydroxylation is 1. The van der Waals surface area contributed by atoms with E-state index in [9.17, 15) is 8.78 Å². The topological polar surface area (TPSA) is 17.8 Å². The second-order valence-corrected chi connectivity index (χ2v) is 5.72. The van der Waals surface area contributed by atoms with Gasteiger partial charge in [-0.1, -0.05) is 12.1 Å². The van der Waals surface area contributed by atoms with Crippen molar-refractivity contribution in [1.29, 1.82) is 0 Å². The molecule has 0 aliphatic heterocycles. The van der Waals surface area contributed by atoms with Crippen LogP contribution in [-0.4, -0.2) is 15.4 Å². The summed E-state index contributed by atoms with van der Waals surface area (Å²) in [6, 6.07) is 9.88. The third-order valence-corrected chi connectivity index (χ3v) is 4.05. The summed E-state index contributed by atoms with van der Waals surface area (Å²) in [6.45, 7) is 0.